The molecule has 1 fully saturated rings. The van der Waals surface area contributed by atoms with E-state index in [1.165, 1.54) is 0 Å². The van der Waals surface area contributed by atoms with Crippen molar-refractivity contribution in [1.29, 1.82) is 0 Å². The van der Waals surface area contributed by atoms with Crippen molar-refractivity contribution >= 4 is 10.2 Å². The normalized spacial score (nSPS) is 17.2. The molecule has 0 amide bonds. The Bertz CT molecular complexity index is 508. The highest BCUT2D eigenvalue weighted by atomic mass is 32.2. The molecule has 1 aromatic carbocycles. The smallest absolute Gasteiger partial charge is 0.279 e. The van der Waals surface area contributed by atoms with Crippen LogP contribution in [-0.2, 0) is 23.2 Å². The maximum atomic E-state index is 12.1. The molecular weight excluding hydrogens is 274 g/mol. The number of piperidine rings is 1. The van der Waals surface area contributed by atoms with Crippen molar-refractivity contribution < 1.29 is 8.42 Å². The summed E-state index contributed by atoms with van der Waals surface area (Å²) in [5.74, 6) is 0. The van der Waals surface area contributed by atoms with Crippen molar-refractivity contribution in [1.82, 2.24) is 9.03 Å². The standard InChI is InChI=1S/C14H23N3O2S/c15-12-14-6-4-13(5-7-14)8-9-16-20(18,19)17-10-2-1-3-11-17/h4-7,16H,1-3,8-12,15H2. The van der Waals surface area contributed by atoms with Crippen LogP contribution in [0.5, 0.6) is 0 Å². The number of hydrogen-bond acceptors (Lipinski definition) is 3. The zero-order chi connectivity index (χ0) is 14.4. The number of rotatable bonds is 6. The molecule has 0 radical (unpaired) electrons. The second-order valence-electron chi connectivity index (χ2n) is 5.13. The third kappa shape index (κ3) is 4.28. The van der Waals surface area contributed by atoms with Gasteiger partial charge in [0.25, 0.3) is 10.2 Å². The van der Waals surface area contributed by atoms with E-state index in [-0.39, 0.29) is 0 Å². The van der Waals surface area contributed by atoms with E-state index in [0.29, 0.717) is 32.6 Å². The number of nitrogens with zero attached hydrogens (tertiary/aromatic N) is 1. The SMILES string of the molecule is NCc1ccc(CCNS(=O)(=O)N2CCCCC2)cc1. The Hall–Kier alpha value is -0.950. The highest BCUT2D eigenvalue weighted by molar-refractivity contribution is 7.87. The lowest BCUT2D eigenvalue weighted by atomic mass is 10.1. The molecule has 6 heteroatoms. The fourth-order valence-electron chi connectivity index (χ4n) is 2.36. The van der Waals surface area contributed by atoms with Gasteiger partial charge in [0.15, 0.2) is 0 Å². The van der Waals surface area contributed by atoms with E-state index in [1.54, 1.807) is 4.31 Å². The summed E-state index contributed by atoms with van der Waals surface area (Å²) in [6, 6.07) is 7.96. The summed E-state index contributed by atoms with van der Waals surface area (Å²) < 4.78 is 28.4. The molecule has 112 valence electrons. The quantitative estimate of drug-likeness (QED) is 0.823. The maximum Gasteiger partial charge on any atom is 0.279 e. The summed E-state index contributed by atoms with van der Waals surface area (Å²) in [5.41, 5.74) is 7.74. The van der Waals surface area contributed by atoms with Crippen molar-refractivity contribution in [3.8, 4) is 0 Å². The molecule has 0 atom stereocenters. The molecule has 1 saturated heterocycles. The second-order valence-corrected chi connectivity index (χ2v) is 6.88. The van der Waals surface area contributed by atoms with Gasteiger partial charge in [-0.05, 0) is 30.4 Å². The highest BCUT2D eigenvalue weighted by Crippen LogP contribution is 2.12. The molecule has 1 aliphatic rings. The molecule has 1 heterocycles. The Labute approximate surface area is 121 Å². The van der Waals surface area contributed by atoms with Crippen LogP contribution in [0.3, 0.4) is 0 Å². The number of benzene rings is 1. The van der Waals surface area contributed by atoms with Gasteiger partial charge in [0.05, 0.1) is 0 Å². The van der Waals surface area contributed by atoms with Crippen molar-refractivity contribution in [2.24, 2.45) is 5.73 Å². The van der Waals surface area contributed by atoms with Crippen LogP contribution in [0.25, 0.3) is 0 Å². The lowest BCUT2D eigenvalue weighted by Gasteiger charge is -2.25. The summed E-state index contributed by atoms with van der Waals surface area (Å²) in [5, 5.41) is 0. The second kappa shape index (κ2) is 7.17. The van der Waals surface area contributed by atoms with Crippen molar-refractivity contribution in [3.05, 3.63) is 35.4 Å². The fourth-order valence-corrected chi connectivity index (χ4v) is 3.64. The van der Waals surface area contributed by atoms with Crippen LogP contribution >= 0.6 is 0 Å². The van der Waals surface area contributed by atoms with E-state index in [4.69, 9.17) is 5.73 Å². The molecule has 0 aliphatic carbocycles. The van der Waals surface area contributed by atoms with Crippen LogP contribution in [0.2, 0.25) is 0 Å². The summed E-state index contributed by atoms with van der Waals surface area (Å²) in [7, 11) is -3.30. The fraction of sp³-hybridized carbons (Fsp3) is 0.571. The van der Waals surface area contributed by atoms with Gasteiger partial charge in [0.2, 0.25) is 0 Å². The lowest BCUT2D eigenvalue weighted by molar-refractivity contribution is 0.342. The number of nitrogens with one attached hydrogen (secondary N) is 1. The van der Waals surface area contributed by atoms with Crippen LogP contribution < -0.4 is 10.5 Å². The Kier molecular flexibility index (Phi) is 5.54. The predicted molar refractivity (Wildman–Crippen MR) is 80.4 cm³/mol. The maximum absolute atomic E-state index is 12.1. The van der Waals surface area contributed by atoms with Crippen molar-refractivity contribution in [2.45, 2.75) is 32.2 Å². The Morgan fingerprint density at radius 1 is 1.05 bits per heavy atom. The Balaban J connectivity index is 1.81. The minimum absolute atomic E-state index is 0.431. The van der Waals surface area contributed by atoms with Gasteiger partial charge in [-0.15, -0.1) is 0 Å². The zero-order valence-electron chi connectivity index (χ0n) is 11.7. The van der Waals surface area contributed by atoms with E-state index >= 15 is 0 Å². The minimum Gasteiger partial charge on any atom is -0.326 e. The van der Waals surface area contributed by atoms with E-state index in [0.717, 1.165) is 30.4 Å². The summed E-state index contributed by atoms with van der Waals surface area (Å²) in [4.78, 5) is 0. The Morgan fingerprint density at radius 3 is 2.25 bits per heavy atom. The average molecular weight is 297 g/mol. The summed E-state index contributed by atoms with van der Waals surface area (Å²) >= 11 is 0. The average Bonchev–Trinajstić information content (AvgIpc) is 2.49. The van der Waals surface area contributed by atoms with Gasteiger partial charge in [-0.25, -0.2) is 4.72 Å². The molecule has 0 bridgehead atoms. The van der Waals surface area contributed by atoms with Crippen LogP contribution in [0.1, 0.15) is 30.4 Å². The first-order valence-corrected chi connectivity index (χ1v) is 8.58. The molecule has 20 heavy (non-hydrogen) atoms. The summed E-state index contributed by atoms with van der Waals surface area (Å²) in [6.07, 6.45) is 3.74. The Morgan fingerprint density at radius 2 is 1.65 bits per heavy atom. The first-order chi connectivity index (χ1) is 9.62. The third-order valence-corrected chi connectivity index (χ3v) is 5.23. The molecule has 2 rings (SSSR count). The van der Waals surface area contributed by atoms with Gasteiger partial charge in [-0.2, -0.15) is 12.7 Å². The third-order valence-electron chi connectivity index (χ3n) is 3.61. The topological polar surface area (TPSA) is 75.4 Å². The summed E-state index contributed by atoms with van der Waals surface area (Å²) in [6.45, 7) is 2.24. The minimum atomic E-state index is -3.30. The van der Waals surface area contributed by atoms with E-state index < -0.39 is 10.2 Å². The van der Waals surface area contributed by atoms with Gasteiger partial charge < -0.3 is 5.73 Å². The van der Waals surface area contributed by atoms with Crippen molar-refractivity contribution in [2.75, 3.05) is 19.6 Å². The van der Waals surface area contributed by atoms with Gasteiger partial charge in [-0.1, -0.05) is 30.7 Å². The van der Waals surface area contributed by atoms with Gasteiger partial charge >= 0.3 is 0 Å². The molecule has 5 nitrogen and oxygen atoms in total. The monoisotopic (exact) mass is 297 g/mol. The molecule has 3 N–H and O–H groups in total. The van der Waals surface area contributed by atoms with E-state index in [9.17, 15) is 8.42 Å². The molecule has 1 aromatic rings. The first kappa shape index (κ1) is 15.4. The molecule has 0 unspecified atom stereocenters. The molecule has 1 aliphatic heterocycles. The number of hydrogen-bond donors (Lipinski definition) is 2. The van der Waals surface area contributed by atoms with Crippen LogP contribution in [0, 0.1) is 0 Å². The first-order valence-electron chi connectivity index (χ1n) is 7.14. The molecule has 0 saturated carbocycles. The van der Waals surface area contributed by atoms with Crippen LogP contribution in [0.4, 0.5) is 0 Å². The number of nitrogens with two attached hydrogens (primary N) is 1. The van der Waals surface area contributed by atoms with Gasteiger partial charge in [-0.3, -0.25) is 0 Å². The lowest BCUT2D eigenvalue weighted by Crippen LogP contribution is -2.43. The van der Waals surface area contributed by atoms with E-state index in [2.05, 4.69) is 4.72 Å². The molecule has 0 aromatic heterocycles. The predicted octanol–water partition coefficient (Wildman–Crippen LogP) is 1.01. The van der Waals surface area contributed by atoms with Gasteiger partial charge in [0, 0.05) is 26.2 Å². The largest absolute Gasteiger partial charge is 0.326 e. The van der Waals surface area contributed by atoms with E-state index in [1.807, 2.05) is 24.3 Å². The van der Waals surface area contributed by atoms with Crippen molar-refractivity contribution in [3.63, 3.8) is 0 Å². The molecule has 0 spiro atoms. The molecular formula is C14H23N3O2S. The van der Waals surface area contributed by atoms with Crippen LogP contribution in [-0.4, -0.2) is 32.4 Å². The zero-order valence-corrected chi connectivity index (χ0v) is 12.5. The van der Waals surface area contributed by atoms with Crippen LogP contribution in [0.15, 0.2) is 24.3 Å². The van der Waals surface area contributed by atoms with Gasteiger partial charge in [0.1, 0.15) is 0 Å². The highest BCUT2D eigenvalue weighted by Gasteiger charge is 2.22.